The van der Waals surface area contributed by atoms with Crippen LogP contribution in [0.3, 0.4) is 0 Å². The summed E-state index contributed by atoms with van der Waals surface area (Å²) in [6.07, 6.45) is 0.160. The summed E-state index contributed by atoms with van der Waals surface area (Å²) >= 11 is 5.95. The minimum atomic E-state index is -0.472. The van der Waals surface area contributed by atoms with Gasteiger partial charge in [0, 0.05) is 16.5 Å². The normalized spacial score (nSPS) is 21.3. The molecule has 3 N–H and O–H groups in total. The second-order valence-electron chi connectivity index (χ2n) is 7.47. The fourth-order valence-electron chi connectivity index (χ4n) is 3.76. The van der Waals surface area contributed by atoms with Crippen molar-refractivity contribution in [1.82, 2.24) is 20.6 Å². The average molecular weight is 426 g/mol. The number of hydrogen-bond donors (Lipinski definition) is 3. The second-order valence-corrected chi connectivity index (χ2v) is 7.90. The fourth-order valence-corrected chi connectivity index (χ4v) is 3.88. The van der Waals surface area contributed by atoms with Crippen LogP contribution in [0, 0.1) is 12.8 Å². The SMILES string of the molecule is COc1cccc2c(C)nc(NC3NC(=O)C(Cc4ccc(Cl)cc4)C(C)N3)nc12. The monoisotopic (exact) mass is 425 g/mol. The Morgan fingerprint density at radius 2 is 1.93 bits per heavy atom. The maximum absolute atomic E-state index is 12.8. The van der Waals surface area contributed by atoms with Gasteiger partial charge in [0.2, 0.25) is 11.9 Å². The molecule has 0 aliphatic carbocycles. The van der Waals surface area contributed by atoms with Crippen LogP contribution in [0.1, 0.15) is 18.2 Å². The highest BCUT2D eigenvalue weighted by Crippen LogP contribution is 2.26. The quantitative estimate of drug-likeness (QED) is 0.581. The van der Waals surface area contributed by atoms with Crippen molar-refractivity contribution in [2.24, 2.45) is 5.92 Å². The van der Waals surface area contributed by atoms with E-state index in [4.69, 9.17) is 16.3 Å². The van der Waals surface area contributed by atoms with Crippen LogP contribution >= 0.6 is 11.6 Å². The molecular weight excluding hydrogens is 402 g/mol. The van der Waals surface area contributed by atoms with E-state index in [1.165, 1.54) is 0 Å². The van der Waals surface area contributed by atoms with E-state index >= 15 is 0 Å². The lowest BCUT2D eigenvalue weighted by Gasteiger charge is -2.36. The van der Waals surface area contributed by atoms with Crippen molar-refractivity contribution in [1.29, 1.82) is 0 Å². The molecule has 3 atom stereocenters. The highest BCUT2D eigenvalue weighted by molar-refractivity contribution is 6.30. The third-order valence-electron chi connectivity index (χ3n) is 5.40. The van der Waals surface area contributed by atoms with E-state index in [1.54, 1.807) is 7.11 Å². The molecule has 7 nitrogen and oxygen atoms in total. The lowest BCUT2D eigenvalue weighted by atomic mass is 9.91. The maximum Gasteiger partial charge on any atom is 0.227 e. The molecule has 8 heteroatoms. The molecule has 1 aliphatic heterocycles. The molecule has 3 unspecified atom stereocenters. The van der Waals surface area contributed by atoms with Gasteiger partial charge < -0.3 is 15.4 Å². The van der Waals surface area contributed by atoms with Crippen LogP contribution in [-0.2, 0) is 11.2 Å². The van der Waals surface area contributed by atoms with E-state index in [2.05, 4.69) is 25.9 Å². The van der Waals surface area contributed by atoms with Gasteiger partial charge in [0.05, 0.1) is 18.7 Å². The van der Waals surface area contributed by atoms with Crippen LogP contribution < -0.4 is 20.7 Å². The number of anilines is 1. The van der Waals surface area contributed by atoms with Crippen molar-refractivity contribution in [2.75, 3.05) is 12.4 Å². The predicted octanol–water partition coefficient (Wildman–Crippen LogP) is 3.26. The van der Waals surface area contributed by atoms with E-state index in [0.29, 0.717) is 23.1 Å². The average Bonchev–Trinajstić information content (AvgIpc) is 2.72. The first kappa shape index (κ1) is 20.4. The van der Waals surface area contributed by atoms with Crippen LogP contribution in [0.4, 0.5) is 5.95 Å². The van der Waals surface area contributed by atoms with Gasteiger partial charge in [-0.15, -0.1) is 0 Å². The van der Waals surface area contributed by atoms with Gasteiger partial charge in [0.25, 0.3) is 0 Å². The Morgan fingerprint density at radius 3 is 2.63 bits per heavy atom. The van der Waals surface area contributed by atoms with Crippen molar-refractivity contribution in [3.63, 3.8) is 0 Å². The molecule has 30 heavy (non-hydrogen) atoms. The number of hydrogen-bond acceptors (Lipinski definition) is 6. The third-order valence-corrected chi connectivity index (χ3v) is 5.65. The number of nitrogens with zero attached hydrogens (tertiary/aromatic N) is 2. The molecule has 2 heterocycles. The molecule has 2 aromatic carbocycles. The summed E-state index contributed by atoms with van der Waals surface area (Å²) in [5.74, 6) is 0.885. The van der Waals surface area contributed by atoms with Crippen molar-refractivity contribution in [2.45, 2.75) is 32.6 Å². The highest BCUT2D eigenvalue weighted by atomic mass is 35.5. The zero-order valence-corrected chi connectivity index (χ0v) is 17.8. The molecule has 3 aromatic rings. The lowest BCUT2D eigenvalue weighted by molar-refractivity contribution is -0.128. The van der Waals surface area contributed by atoms with Crippen LogP contribution in [0.2, 0.25) is 5.02 Å². The van der Waals surface area contributed by atoms with Crippen LogP contribution in [0.5, 0.6) is 5.75 Å². The number of ether oxygens (including phenoxy) is 1. The second kappa shape index (κ2) is 8.45. The number of halogens is 1. The minimum Gasteiger partial charge on any atom is -0.494 e. The van der Waals surface area contributed by atoms with Crippen LogP contribution in [0.15, 0.2) is 42.5 Å². The Morgan fingerprint density at radius 1 is 1.17 bits per heavy atom. The smallest absolute Gasteiger partial charge is 0.227 e. The van der Waals surface area contributed by atoms with Gasteiger partial charge in [0.15, 0.2) is 6.29 Å². The minimum absolute atomic E-state index is 0.0243. The molecule has 4 rings (SSSR count). The first-order chi connectivity index (χ1) is 14.4. The van der Waals surface area contributed by atoms with Crippen LogP contribution in [0.25, 0.3) is 10.9 Å². The Balaban J connectivity index is 1.49. The van der Waals surface area contributed by atoms with Crippen LogP contribution in [-0.4, -0.2) is 35.3 Å². The van der Waals surface area contributed by atoms with E-state index in [1.807, 2.05) is 56.3 Å². The van der Waals surface area contributed by atoms with E-state index < -0.39 is 6.29 Å². The first-order valence-electron chi connectivity index (χ1n) is 9.83. The summed E-state index contributed by atoms with van der Waals surface area (Å²) in [5, 5.41) is 11.2. The molecule has 1 aliphatic rings. The van der Waals surface area contributed by atoms with Gasteiger partial charge in [-0.05, 0) is 44.0 Å². The first-order valence-corrected chi connectivity index (χ1v) is 10.2. The topological polar surface area (TPSA) is 88.2 Å². The number of methoxy groups -OCH3 is 1. The molecular formula is C22H24ClN5O2. The van der Waals surface area contributed by atoms with Gasteiger partial charge in [-0.2, -0.15) is 0 Å². The summed E-state index contributed by atoms with van der Waals surface area (Å²) in [7, 11) is 1.62. The van der Waals surface area contributed by atoms with Gasteiger partial charge in [-0.3, -0.25) is 10.1 Å². The number of nitrogens with one attached hydrogen (secondary N) is 3. The fraction of sp³-hybridized carbons (Fsp3) is 0.318. The number of amides is 1. The van der Waals surface area contributed by atoms with Crippen molar-refractivity contribution in [3.8, 4) is 5.75 Å². The zero-order chi connectivity index (χ0) is 21.3. The number of carbonyl (C=O) groups excluding carboxylic acids is 1. The van der Waals surface area contributed by atoms with Gasteiger partial charge in [0.1, 0.15) is 11.3 Å². The number of carbonyl (C=O) groups is 1. The number of benzene rings is 2. The number of para-hydroxylation sites is 1. The van der Waals surface area contributed by atoms with Crippen molar-refractivity contribution < 1.29 is 9.53 Å². The highest BCUT2D eigenvalue weighted by Gasteiger charge is 2.33. The lowest BCUT2D eigenvalue weighted by Crippen LogP contribution is -2.63. The molecule has 0 radical (unpaired) electrons. The molecule has 0 spiro atoms. The van der Waals surface area contributed by atoms with Gasteiger partial charge in [-0.1, -0.05) is 35.9 Å². The van der Waals surface area contributed by atoms with E-state index in [0.717, 1.165) is 22.2 Å². The Bertz CT molecular complexity index is 1070. The van der Waals surface area contributed by atoms with Gasteiger partial charge >= 0.3 is 0 Å². The summed E-state index contributed by atoms with van der Waals surface area (Å²) in [4.78, 5) is 21.9. The largest absolute Gasteiger partial charge is 0.494 e. The molecule has 156 valence electrons. The van der Waals surface area contributed by atoms with Crippen molar-refractivity contribution >= 4 is 34.4 Å². The van der Waals surface area contributed by atoms with Crippen molar-refractivity contribution in [3.05, 3.63) is 58.7 Å². The summed E-state index contributed by atoms with van der Waals surface area (Å²) in [6.45, 7) is 3.93. The molecule has 1 aromatic heterocycles. The molecule has 0 saturated carbocycles. The molecule has 1 amide bonds. The van der Waals surface area contributed by atoms with Gasteiger partial charge in [-0.25, -0.2) is 9.97 Å². The number of aryl methyl sites for hydroxylation is 1. The Hall–Kier alpha value is -2.90. The Kier molecular flexibility index (Phi) is 5.74. The molecule has 0 bridgehead atoms. The third kappa shape index (κ3) is 4.17. The zero-order valence-electron chi connectivity index (χ0n) is 17.1. The number of fused-ring (bicyclic) bond motifs is 1. The number of aromatic nitrogens is 2. The standard InChI is InChI=1S/C22H24ClN5O2/c1-12-16-5-4-6-18(30-3)19(16)26-21(24-12)28-22-25-13(2)17(20(29)27-22)11-14-7-9-15(23)10-8-14/h4-10,13,17,22,25H,11H2,1-3H3,(H,27,29)(H,24,26,28). The van der Waals surface area contributed by atoms with E-state index in [9.17, 15) is 4.79 Å². The summed E-state index contributed by atoms with van der Waals surface area (Å²) in [6, 6.07) is 13.3. The van der Waals surface area contributed by atoms with E-state index in [-0.39, 0.29) is 17.9 Å². The molecule has 1 saturated heterocycles. The predicted molar refractivity (Wildman–Crippen MR) is 118 cm³/mol. The Labute approximate surface area is 180 Å². The maximum atomic E-state index is 12.8. The summed E-state index contributed by atoms with van der Waals surface area (Å²) in [5.41, 5.74) is 2.63. The summed E-state index contributed by atoms with van der Waals surface area (Å²) < 4.78 is 5.43. The molecule has 1 fully saturated rings. The number of rotatable bonds is 5.